The van der Waals surface area contributed by atoms with Crippen molar-refractivity contribution in [3.05, 3.63) is 90.0 Å². The quantitative estimate of drug-likeness (QED) is 0.287. The van der Waals surface area contributed by atoms with Gasteiger partial charge in [0.05, 0.1) is 19.2 Å². The van der Waals surface area contributed by atoms with Crippen LogP contribution in [0.5, 0.6) is 5.75 Å². The number of likely N-dealkylation sites (tertiary alicyclic amines) is 1. The predicted octanol–water partition coefficient (Wildman–Crippen LogP) is 5.07. The van der Waals surface area contributed by atoms with Crippen molar-refractivity contribution in [2.24, 2.45) is 0 Å². The van der Waals surface area contributed by atoms with Crippen molar-refractivity contribution in [2.75, 3.05) is 25.0 Å². The van der Waals surface area contributed by atoms with Gasteiger partial charge in [-0.1, -0.05) is 24.3 Å². The highest BCUT2D eigenvalue weighted by Gasteiger charge is 2.45. The number of rotatable bonds is 6. The summed E-state index contributed by atoms with van der Waals surface area (Å²) in [5, 5.41) is 14.3. The van der Waals surface area contributed by atoms with Crippen LogP contribution >= 0.6 is 0 Å². The Morgan fingerprint density at radius 2 is 1.91 bits per heavy atom. The average Bonchev–Trinajstić information content (AvgIpc) is 3.66. The third-order valence-corrected chi connectivity index (χ3v) is 7.57. The summed E-state index contributed by atoms with van der Waals surface area (Å²) in [6.45, 7) is 6.83. The first-order valence-corrected chi connectivity index (χ1v) is 14.4. The summed E-state index contributed by atoms with van der Waals surface area (Å²) in [5.41, 5.74) is 1.60. The van der Waals surface area contributed by atoms with Crippen molar-refractivity contribution in [1.29, 1.82) is 0 Å². The van der Waals surface area contributed by atoms with Gasteiger partial charge in [-0.15, -0.1) is 0 Å². The minimum absolute atomic E-state index is 0.140. The molecule has 2 aliphatic rings. The molecule has 0 saturated carbocycles. The second-order valence-corrected chi connectivity index (χ2v) is 11.9. The monoisotopic (exact) mass is 581 g/mol. The smallest absolute Gasteiger partial charge is 0.410 e. The molecular formula is C32H35N7O4. The summed E-state index contributed by atoms with van der Waals surface area (Å²) < 4.78 is 11.4. The molecule has 6 rings (SSSR count). The van der Waals surface area contributed by atoms with Crippen molar-refractivity contribution in [1.82, 2.24) is 30.4 Å². The van der Waals surface area contributed by atoms with Crippen LogP contribution in [0.2, 0.25) is 0 Å². The van der Waals surface area contributed by atoms with Crippen LogP contribution in [0.4, 0.5) is 10.5 Å². The van der Waals surface area contributed by atoms with E-state index in [-0.39, 0.29) is 11.9 Å². The minimum Gasteiger partial charge on any atom is -0.493 e. The summed E-state index contributed by atoms with van der Waals surface area (Å²) in [4.78, 5) is 37.0. The maximum absolute atomic E-state index is 13.4. The number of anilines is 1. The molecule has 2 atom stereocenters. The molecule has 43 heavy (non-hydrogen) atoms. The second-order valence-electron chi connectivity index (χ2n) is 11.9. The van der Waals surface area contributed by atoms with Gasteiger partial charge in [-0.25, -0.2) is 9.78 Å². The van der Waals surface area contributed by atoms with Crippen LogP contribution in [-0.4, -0.2) is 62.4 Å². The van der Waals surface area contributed by atoms with Gasteiger partial charge in [0.25, 0.3) is 5.91 Å². The molecular weight excluding hydrogens is 546 g/mol. The molecule has 1 saturated heterocycles. The molecule has 2 aromatic carbocycles. The fourth-order valence-corrected chi connectivity index (χ4v) is 5.50. The van der Waals surface area contributed by atoms with E-state index >= 15 is 0 Å². The van der Waals surface area contributed by atoms with E-state index in [1.807, 2.05) is 75.4 Å². The lowest BCUT2D eigenvalue weighted by Crippen LogP contribution is -2.42. The van der Waals surface area contributed by atoms with Crippen molar-refractivity contribution < 1.29 is 19.1 Å². The van der Waals surface area contributed by atoms with Crippen LogP contribution in [0.25, 0.3) is 11.4 Å². The first-order valence-electron chi connectivity index (χ1n) is 14.4. The third-order valence-electron chi connectivity index (χ3n) is 7.57. The van der Waals surface area contributed by atoms with E-state index in [4.69, 9.17) is 14.5 Å². The zero-order chi connectivity index (χ0) is 30.0. The molecule has 11 nitrogen and oxygen atoms in total. The molecule has 3 N–H and O–H groups in total. The molecule has 4 heterocycles. The first kappa shape index (κ1) is 28.2. The van der Waals surface area contributed by atoms with E-state index < -0.39 is 17.2 Å². The number of fused-ring (bicyclic) bond motifs is 1. The number of nitrogens with zero attached hydrogens (tertiary/aromatic N) is 4. The van der Waals surface area contributed by atoms with Crippen LogP contribution in [-0.2, 0) is 10.3 Å². The summed E-state index contributed by atoms with van der Waals surface area (Å²) >= 11 is 0. The van der Waals surface area contributed by atoms with Crippen LogP contribution in [0.3, 0.4) is 0 Å². The van der Waals surface area contributed by atoms with E-state index in [1.54, 1.807) is 23.4 Å². The fourth-order valence-electron chi connectivity index (χ4n) is 5.50. The maximum atomic E-state index is 13.4. The van der Waals surface area contributed by atoms with Gasteiger partial charge in [-0.3, -0.25) is 14.9 Å². The second kappa shape index (κ2) is 11.4. The number of hydrogen-bond acceptors (Lipinski definition) is 8. The molecule has 0 aliphatic carbocycles. The molecule has 2 aliphatic heterocycles. The van der Waals surface area contributed by atoms with E-state index in [0.717, 1.165) is 16.9 Å². The van der Waals surface area contributed by atoms with E-state index in [0.29, 0.717) is 55.4 Å². The van der Waals surface area contributed by atoms with Crippen LogP contribution in [0.15, 0.2) is 73.1 Å². The molecule has 11 heteroatoms. The lowest BCUT2D eigenvalue weighted by Gasteiger charge is -2.30. The Hall–Kier alpha value is -4.93. The summed E-state index contributed by atoms with van der Waals surface area (Å²) in [5.74, 6) is 1.73. The Bertz CT molecular complexity index is 1620. The van der Waals surface area contributed by atoms with Crippen LogP contribution < -0.4 is 15.4 Å². The lowest BCUT2D eigenvalue weighted by molar-refractivity contribution is 0.0285. The number of nitrogens with one attached hydrogen (secondary N) is 3. The lowest BCUT2D eigenvalue weighted by atomic mass is 9.96. The van der Waals surface area contributed by atoms with Gasteiger partial charge in [-0.05, 0) is 63.6 Å². The van der Waals surface area contributed by atoms with Crippen molar-refractivity contribution >= 4 is 17.7 Å². The highest BCUT2D eigenvalue weighted by atomic mass is 16.6. The van der Waals surface area contributed by atoms with Gasteiger partial charge in [-0.2, -0.15) is 5.10 Å². The molecule has 0 radical (unpaired) electrons. The minimum atomic E-state index is -0.802. The zero-order valence-corrected chi connectivity index (χ0v) is 24.5. The molecule has 4 aromatic rings. The number of ether oxygens (including phenoxy) is 2. The molecule has 0 spiro atoms. The molecule has 0 unspecified atom stereocenters. The van der Waals surface area contributed by atoms with Gasteiger partial charge >= 0.3 is 6.09 Å². The predicted molar refractivity (Wildman–Crippen MR) is 161 cm³/mol. The fraction of sp³-hybridized carbons (Fsp3) is 0.344. The van der Waals surface area contributed by atoms with Gasteiger partial charge in [0.2, 0.25) is 0 Å². The normalized spacial score (nSPS) is 19.7. The standard InChI is InChI=1S/C32H35N7O4/c1-31(2,3)43-30(41)39-17-14-32(20-39,29-35-27(37-38-29)21-11-15-33-16-12-21)36-23-8-6-7-22(19-23)28(40)34-25-13-18-42-26-10-5-4-9-24(25)26/h4-12,15-16,19,25,36H,13-14,17-18,20H2,1-3H3,(H,34,40)(H,35,37,38)/t25-,32-/m0/s1. The molecule has 1 fully saturated rings. The highest BCUT2D eigenvalue weighted by Crippen LogP contribution is 2.36. The zero-order valence-electron chi connectivity index (χ0n) is 24.5. The van der Waals surface area contributed by atoms with Crippen LogP contribution in [0, 0.1) is 0 Å². The van der Waals surface area contributed by atoms with Crippen molar-refractivity contribution in [3.8, 4) is 17.1 Å². The van der Waals surface area contributed by atoms with E-state index in [9.17, 15) is 9.59 Å². The largest absolute Gasteiger partial charge is 0.493 e. The Morgan fingerprint density at radius 3 is 2.72 bits per heavy atom. The number of carbonyl (C=O) groups excluding carboxylic acids is 2. The molecule has 2 amide bonds. The summed E-state index contributed by atoms with van der Waals surface area (Å²) in [6, 6.07) is 18.7. The number of H-pyrrole nitrogens is 1. The number of aromatic nitrogens is 4. The van der Waals surface area contributed by atoms with Gasteiger partial charge in [0, 0.05) is 47.7 Å². The van der Waals surface area contributed by atoms with E-state index in [2.05, 4.69) is 25.8 Å². The van der Waals surface area contributed by atoms with E-state index in [1.165, 1.54) is 0 Å². The number of hydrogen-bond donors (Lipinski definition) is 3. The summed E-state index contributed by atoms with van der Waals surface area (Å²) in [7, 11) is 0. The number of para-hydroxylation sites is 1. The van der Waals surface area contributed by atoms with Gasteiger partial charge < -0.3 is 25.0 Å². The summed E-state index contributed by atoms with van der Waals surface area (Å²) in [6.07, 6.45) is 4.22. The Morgan fingerprint density at radius 1 is 1.09 bits per heavy atom. The Balaban J connectivity index is 1.26. The van der Waals surface area contributed by atoms with Crippen molar-refractivity contribution in [2.45, 2.75) is 50.8 Å². The topological polar surface area (TPSA) is 134 Å². The van der Waals surface area contributed by atoms with Gasteiger partial charge in [0.15, 0.2) is 11.6 Å². The average molecular weight is 582 g/mol. The van der Waals surface area contributed by atoms with Crippen LogP contribution in [0.1, 0.15) is 61.4 Å². The van der Waals surface area contributed by atoms with Gasteiger partial charge in [0.1, 0.15) is 16.9 Å². The molecule has 222 valence electrons. The number of pyridine rings is 1. The SMILES string of the molecule is CC(C)(C)OC(=O)N1CC[C@@](Nc2cccc(C(=O)N[C@H]3CCOc4ccccc43)c2)(c2nc(-c3ccncc3)n[nH]2)C1. The third kappa shape index (κ3) is 6.15. The molecule has 0 bridgehead atoms. The number of aromatic amines is 1. The number of benzene rings is 2. The first-order chi connectivity index (χ1) is 20.7. The maximum Gasteiger partial charge on any atom is 0.410 e. The number of amides is 2. The van der Waals surface area contributed by atoms with Crippen molar-refractivity contribution in [3.63, 3.8) is 0 Å². The number of carbonyl (C=O) groups is 2. The molecule has 2 aromatic heterocycles. The Labute approximate surface area is 250 Å². The highest BCUT2D eigenvalue weighted by molar-refractivity contribution is 5.95. The Kier molecular flexibility index (Phi) is 7.47.